The van der Waals surface area contributed by atoms with Crippen molar-refractivity contribution in [2.45, 2.75) is 0 Å². The Hall–Kier alpha value is 0.916. The maximum absolute atomic E-state index is 5.67. The van der Waals surface area contributed by atoms with E-state index in [1.54, 1.807) is 18.2 Å². The van der Waals surface area contributed by atoms with E-state index in [-0.39, 0.29) is 40.0 Å². The third-order valence-electron chi connectivity index (χ3n) is 1.02. The van der Waals surface area contributed by atoms with Crippen LogP contribution in [-0.4, -0.2) is 23.1 Å². The summed E-state index contributed by atoms with van der Waals surface area (Å²) in [4.78, 5) is 0. The van der Waals surface area contributed by atoms with Gasteiger partial charge in [-0.2, -0.15) is 30.2 Å². The molecule has 0 saturated carbocycles. The van der Waals surface area contributed by atoms with E-state index in [1.165, 1.54) is 0 Å². The first-order chi connectivity index (χ1) is 4.20. The number of hydrogen-bond donors (Lipinski definition) is 0. The van der Waals surface area contributed by atoms with Gasteiger partial charge in [-0.25, -0.2) is 0 Å². The molecule has 0 nitrogen and oxygen atoms in total. The molecule has 1 aromatic carbocycles. The molecule has 0 aliphatic heterocycles. The predicted octanol–water partition coefficient (Wildman–Crippen LogP) is -0.201. The standard InChI is InChI=1S/C7H5Cl2.BrH.Mg/c1-5-2-3-6(8)4-7(5)9;;/h2-4H,1H2;1H;/q-1;;+2/p-1. The molecule has 0 amide bonds. The molecule has 0 saturated heterocycles. The van der Waals surface area contributed by atoms with E-state index < -0.39 is 0 Å². The van der Waals surface area contributed by atoms with Gasteiger partial charge in [-0.1, -0.05) is 28.8 Å². The molecule has 4 heteroatoms. The number of benzene rings is 1. The third-order valence-corrected chi connectivity index (χ3v) is 1.60. The predicted molar refractivity (Wildman–Crippen MR) is 46.7 cm³/mol. The number of hydrogen-bond acceptors (Lipinski definition) is 0. The van der Waals surface area contributed by atoms with Crippen LogP contribution in [0.15, 0.2) is 18.2 Å². The van der Waals surface area contributed by atoms with Crippen molar-refractivity contribution < 1.29 is 17.0 Å². The summed E-state index contributed by atoms with van der Waals surface area (Å²) in [6.45, 7) is 3.67. The Kier molecular flexibility index (Phi) is 8.45. The minimum absolute atomic E-state index is 0. The molecular formula is C7H5BrCl2Mg. The Balaban J connectivity index is 0. The van der Waals surface area contributed by atoms with E-state index in [4.69, 9.17) is 23.2 Å². The van der Waals surface area contributed by atoms with Crippen molar-refractivity contribution in [3.63, 3.8) is 0 Å². The average molecular weight is 264 g/mol. The summed E-state index contributed by atoms with van der Waals surface area (Å²) in [5.74, 6) is 0. The average Bonchev–Trinajstić information content (AvgIpc) is 1.80. The third kappa shape index (κ3) is 4.48. The molecule has 0 unspecified atom stereocenters. The van der Waals surface area contributed by atoms with Gasteiger partial charge in [0.2, 0.25) is 0 Å². The van der Waals surface area contributed by atoms with Gasteiger partial charge in [-0.05, 0) is 0 Å². The van der Waals surface area contributed by atoms with Gasteiger partial charge in [0.1, 0.15) is 0 Å². The maximum Gasteiger partial charge on any atom is 2.00 e. The minimum atomic E-state index is 0. The summed E-state index contributed by atoms with van der Waals surface area (Å²) >= 11 is 11.3. The second-order valence-corrected chi connectivity index (χ2v) is 2.58. The molecule has 0 spiro atoms. The zero-order valence-corrected chi connectivity index (χ0v) is 10.3. The minimum Gasteiger partial charge on any atom is -1.00 e. The van der Waals surface area contributed by atoms with Gasteiger partial charge in [0.15, 0.2) is 0 Å². The quantitative estimate of drug-likeness (QED) is 0.450. The van der Waals surface area contributed by atoms with Crippen molar-refractivity contribution in [2.75, 3.05) is 0 Å². The van der Waals surface area contributed by atoms with Crippen molar-refractivity contribution in [2.24, 2.45) is 0 Å². The molecule has 1 aromatic rings. The SMILES string of the molecule is [Br-].[CH2-]c1ccc(Cl)cc1Cl.[Mg+2]. The van der Waals surface area contributed by atoms with Crippen LogP contribution in [0, 0.1) is 6.92 Å². The Bertz CT molecular complexity index is 228. The van der Waals surface area contributed by atoms with Gasteiger partial charge >= 0.3 is 23.1 Å². The zero-order valence-electron chi connectivity index (χ0n) is 5.78. The second-order valence-electron chi connectivity index (χ2n) is 1.74. The van der Waals surface area contributed by atoms with Crippen LogP contribution < -0.4 is 17.0 Å². The molecule has 0 aliphatic carbocycles. The second kappa shape index (κ2) is 6.43. The fourth-order valence-corrected chi connectivity index (χ4v) is 0.930. The summed E-state index contributed by atoms with van der Waals surface area (Å²) < 4.78 is 0. The molecule has 0 heterocycles. The first kappa shape index (κ1) is 14.4. The molecular weight excluding hydrogens is 259 g/mol. The molecule has 0 atom stereocenters. The number of rotatable bonds is 0. The van der Waals surface area contributed by atoms with Crippen molar-refractivity contribution in [3.8, 4) is 0 Å². The van der Waals surface area contributed by atoms with Crippen LogP contribution in [0.4, 0.5) is 0 Å². The van der Waals surface area contributed by atoms with Gasteiger partial charge in [0.25, 0.3) is 0 Å². The van der Waals surface area contributed by atoms with Crippen molar-refractivity contribution in [3.05, 3.63) is 40.7 Å². The van der Waals surface area contributed by atoms with Crippen LogP contribution in [0.3, 0.4) is 0 Å². The molecule has 11 heavy (non-hydrogen) atoms. The largest absolute Gasteiger partial charge is 2.00 e. The first-order valence-corrected chi connectivity index (χ1v) is 3.23. The van der Waals surface area contributed by atoms with Crippen molar-refractivity contribution in [1.82, 2.24) is 0 Å². The Labute approximate surface area is 103 Å². The Morgan fingerprint density at radius 2 is 1.73 bits per heavy atom. The van der Waals surface area contributed by atoms with E-state index >= 15 is 0 Å². The number of halogens is 3. The van der Waals surface area contributed by atoms with Gasteiger partial charge < -0.3 is 17.0 Å². The smallest absolute Gasteiger partial charge is 1.00 e. The molecule has 1 rings (SSSR count). The summed E-state index contributed by atoms with van der Waals surface area (Å²) in [6.07, 6.45) is 0. The molecule has 0 radical (unpaired) electrons. The first-order valence-electron chi connectivity index (χ1n) is 2.47. The Morgan fingerprint density at radius 1 is 1.18 bits per heavy atom. The summed E-state index contributed by atoms with van der Waals surface area (Å²) in [7, 11) is 0. The molecule has 0 aliphatic rings. The normalized spacial score (nSPS) is 7.82. The van der Waals surface area contributed by atoms with Crippen molar-refractivity contribution >= 4 is 46.3 Å². The molecule has 0 fully saturated rings. The summed E-state index contributed by atoms with van der Waals surface area (Å²) in [5, 5.41) is 1.26. The van der Waals surface area contributed by atoms with Gasteiger partial charge in [0, 0.05) is 5.02 Å². The van der Waals surface area contributed by atoms with Gasteiger partial charge in [-0.3, -0.25) is 0 Å². The van der Waals surface area contributed by atoms with Gasteiger partial charge in [-0.15, -0.1) is 0 Å². The monoisotopic (exact) mass is 262 g/mol. The van der Waals surface area contributed by atoms with E-state index in [1.807, 2.05) is 0 Å². The molecule has 0 N–H and O–H groups in total. The van der Waals surface area contributed by atoms with Gasteiger partial charge in [0.05, 0.1) is 0 Å². The van der Waals surface area contributed by atoms with Crippen LogP contribution in [0.5, 0.6) is 0 Å². The Morgan fingerprint density at radius 3 is 2.09 bits per heavy atom. The zero-order chi connectivity index (χ0) is 6.85. The molecule has 0 aromatic heterocycles. The van der Waals surface area contributed by atoms with E-state index in [2.05, 4.69) is 6.92 Å². The topological polar surface area (TPSA) is 0 Å². The van der Waals surface area contributed by atoms with Crippen LogP contribution >= 0.6 is 23.2 Å². The van der Waals surface area contributed by atoms with Crippen LogP contribution in [0.1, 0.15) is 5.56 Å². The van der Waals surface area contributed by atoms with E-state index in [0.29, 0.717) is 10.0 Å². The molecule has 0 bridgehead atoms. The van der Waals surface area contributed by atoms with Crippen LogP contribution in [-0.2, 0) is 0 Å². The summed E-state index contributed by atoms with van der Waals surface area (Å²) in [5.41, 5.74) is 0.807. The van der Waals surface area contributed by atoms with Crippen molar-refractivity contribution in [1.29, 1.82) is 0 Å². The van der Waals surface area contributed by atoms with Crippen LogP contribution in [0.25, 0.3) is 0 Å². The van der Waals surface area contributed by atoms with E-state index in [9.17, 15) is 0 Å². The van der Waals surface area contributed by atoms with E-state index in [0.717, 1.165) is 5.56 Å². The maximum atomic E-state index is 5.67. The molecule has 56 valence electrons. The fourth-order valence-electron chi connectivity index (χ4n) is 0.522. The fraction of sp³-hybridized carbons (Fsp3) is 0. The summed E-state index contributed by atoms with van der Waals surface area (Å²) in [6, 6.07) is 5.21. The van der Waals surface area contributed by atoms with Crippen LogP contribution in [0.2, 0.25) is 10.0 Å².